The number of rotatable bonds is 4. The van der Waals surface area contributed by atoms with Crippen molar-refractivity contribution in [2.24, 2.45) is 0 Å². The number of anilines is 2. The average Bonchev–Trinajstić information content (AvgIpc) is 2.63. The number of likely N-dealkylation sites (N-methyl/N-ethyl adjacent to an activating group) is 1. The molecule has 0 amide bonds. The van der Waals surface area contributed by atoms with Crippen LogP contribution in [0, 0.1) is 6.92 Å². The summed E-state index contributed by atoms with van der Waals surface area (Å²) in [6.45, 7) is 9.55. The molecule has 0 aromatic carbocycles. The molecular formula is C14H25N5. The van der Waals surface area contributed by atoms with Gasteiger partial charge >= 0.3 is 0 Å². The monoisotopic (exact) mass is 263 g/mol. The van der Waals surface area contributed by atoms with E-state index < -0.39 is 0 Å². The van der Waals surface area contributed by atoms with Crippen LogP contribution in [-0.4, -0.2) is 54.6 Å². The second-order valence-corrected chi connectivity index (χ2v) is 5.27. The Labute approximate surface area is 116 Å². The molecule has 19 heavy (non-hydrogen) atoms. The number of hydrogen-bond donors (Lipinski definition) is 1. The Morgan fingerprint density at radius 1 is 1.26 bits per heavy atom. The fourth-order valence-electron chi connectivity index (χ4n) is 2.33. The van der Waals surface area contributed by atoms with Gasteiger partial charge in [0.1, 0.15) is 5.82 Å². The van der Waals surface area contributed by atoms with Gasteiger partial charge < -0.3 is 15.1 Å². The highest BCUT2D eigenvalue weighted by Gasteiger charge is 2.16. The summed E-state index contributed by atoms with van der Waals surface area (Å²) in [5.41, 5.74) is 1.16. The predicted molar refractivity (Wildman–Crippen MR) is 79.9 cm³/mol. The Morgan fingerprint density at radius 2 is 2.11 bits per heavy atom. The standard InChI is InChI=1S/C14H25N5/c1-4-6-15-14-16-11-12(2)13(17-14)19-8-5-7-18(3)9-10-19/h11H,4-10H2,1-3H3,(H,15,16,17). The summed E-state index contributed by atoms with van der Waals surface area (Å²) in [6, 6.07) is 0. The Balaban J connectivity index is 2.12. The lowest BCUT2D eigenvalue weighted by atomic mass is 10.3. The lowest BCUT2D eigenvalue weighted by Crippen LogP contribution is -2.30. The lowest BCUT2D eigenvalue weighted by molar-refractivity contribution is 0.360. The Kier molecular flexibility index (Phi) is 4.96. The zero-order chi connectivity index (χ0) is 13.7. The van der Waals surface area contributed by atoms with Crippen molar-refractivity contribution in [2.45, 2.75) is 26.7 Å². The summed E-state index contributed by atoms with van der Waals surface area (Å²) < 4.78 is 0. The van der Waals surface area contributed by atoms with Gasteiger partial charge in [-0.05, 0) is 33.4 Å². The molecule has 2 heterocycles. The van der Waals surface area contributed by atoms with E-state index in [4.69, 9.17) is 0 Å². The molecule has 106 valence electrons. The van der Waals surface area contributed by atoms with Gasteiger partial charge in [0, 0.05) is 37.9 Å². The molecule has 0 aliphatic carbocycles. The van der Waals surface area contributed by atoms with E-state index in [-0.39, 0.29) is 0 Å². The van der Waals surface area contributed by atoms with Gasteiger partial charge in [-0.25, -0.2) is 4.98 Å². The normalized spacial score (nSPS) is 17.3. The van der Waals surface area contributed by atoms with Crippen LogP contribution in [-0.2, 0) is 0 Å². The van der Waals surface area contributed by atoms with Gasteiger partial charge in [-0.2, -0.15) is 4.98 Å². The molecule has 0 unspecified atom stereocenters. The van der Waals surface area contributed by atoms with Crippen molar-refractivity contribution >= 4 is 11.8 Å². The summed E-state index contributed by atoms with van der Waals surface area (Å²) >= 11 is 0. The van der Waals surface area contributed by atoms with E-state index in [2.05, 4.69) is 46.0 Å². The third kappa shape index (κ3) is 3.80. The maximum atomic E-state index is 4.69. The highest BCUT2D eigenvalue weighted by molar-refractivity contribution is 5.49. The maximum absolute atomic E-state index is 4.69. The van der Waals surface area contributed by atoms with Crippen LogP contribution in [0.25, 0.3) is 0 Å². The quantitative estimate of drug-likeness (QED) is 0.896. The highest BCUT2D eigenvalue weighted by atomic mass is 15.3. The third-order valence-electron chi connectivity index (χ3n) is 3.50. The first-order chi connectivity index (χ1) is 9.20. The Morgan fingerprint density at radius 3 is 2.89 bits per heavy atom. The van der Waals surface area contributed by atoms with Crippen molar-refractivity contribution in [1.29, 1.82) is 0 Å². The Hall–Kier alpha value is -1.36. The second kappa shape index (κ2) is 6.70. The lowest BCUT2D eigenvalue weighted by Gasteiger charge is -2.23. The van der Waals surface area contributed by atoms with Crippen molar-refractivity contribution in [2.75, 3.05) is 50.0 Å². The van der Waals surface area contributed by atoms with Gasteiger partial charge in [0.15, 0.2) is 0 Å². The number of nitrogens with one attached hydrogen (secondary N) is 1. The topological polar surface area (TPSA) is 44.3 Å². The molecule has 5 nitrogen and oxygen atoms in total. The molecule has 2 rings (SSSR count). The van der Waals surface area contributed by atoms with E-state index in [1.54, 1.807) is 0 Å². The largest absolute Gasteiger partial charge is 0.355 e. The van der Waals surface area contributed by atoms with Gasteiger partial charge in [-0.3, -0.25) is 0 Å². The molecule has 1 N–H and O–H groups in total. The molecule has 0 saturated carbocycles. The second-order valence-electron chi connectivity index (χ2n) is 5.27. The van der Waals surface area contributed by atoms with Crippen molar-refractivity contribution in [3.63, 3.8) is 0 Å². The van der Waals surface area contributed by atoms with Crippen LogP contribution in [0.5, 0.6) is 0 Å². The SMILES string of the molecule is CCCNc1ncc(C)c(N2CCCN(C)CC2)n1. The van der Waals surface area contributed by atoms with E-state index in [1.807, 2.05) is 6.20 Å². The molecule has 0 radical (unpaired) electrons. The van der Waals surface area contributed by atoms with E-state index in [9.17, 15) is 0 Å². The van der Waals surface area contributed by atoms with Gasteiger partial charge in [-0.1, -0.05) is 6.92 Å². The van der Waals surface area contributed by atoms with Gasteiger partial charge in [0.05, 0.1) is 0 Å². The van der Waals surface area contributed by atoms with Gasteiger partial charge in [0.25, 0.3) is 0 Å². The van der Waals surface area contributed by atoms with Crippen LogP contribution in [0.2, 0.25) is 0 Å². The van der Waals surface area contributed by atoms with Crippen LogP contribution in [0.4, 0.5) is 11.8 Å². The molecule has 1 aliphatic heterocycles. The van der Waals surface area contributed by atoms with Crippen molar-refractivity contribution < 1.29 is 0 Å². The minimum atomic E-state index is 0.750. The van der Waals surface area contributed by atoms with E-state index in [0.717, 1.165) is 49.9 Å². The van der Waals surface area contributed by atoms with E-state index >= 15 is 0 Å². The van der Waals surface area contributed by atoms with E-state index in [1.165, 1.54) is 13.0 Å². The molecule has 1 aromatic rings. The number of aryl methyl sites for hydroxylation is 1. The van der Waals surface area contributed by atoms with Crippen molar-refractivity contribution in [3.05, 3.63) is 11.8 Å². The molecular weight excluding hydrogens is 238 g/mol. The summed E-state index contributed by atoms with van der Waals surface area (Å²) in [7, 11) is 2.19. The first-order valence-electron chi connectivity index (χ1n) is 7.21. The van der Waals surface area contributed by atoms with Gasteiger partial charge in [-0.15, -0.1) is 0 Å². The summed E-state index contributed by atoms with van der Waals surface area (Å²) in [6.07, 6.45) is 4.20. The molecule has 5 heteroatoms. The minimum absolute atomic E-state index is 0.750. The van der Waals surface area contributed by atoms with Crippen molar-refractivity contribution in [3.8, 4) is 0 Å². The molecule has 1 aliphatic rings. The van der Waals surface area contributed by atoms with Crippen LogP contribution >= 0.6 is 0 Å². The van der Waals surface area contributed by atoms with Crippen LogP contribution in [0.3, 0.4) is 0 Å². The zero-order valence-electron chi connectivity index (χ0n) is 12.3. The first kappa shape index (κ1) is 14.1. The minimum Gasteiger partial charge on any atom is -0.355 e. The van der Waals surface area contributed by atoms with Crippen LogP contribution < -0.4 is 10.2 Å². The molecule has 1 aromatic heterocycles. The summed E-state index contributed by atoms with van der Waals surface area (Å²) in [5, 5.41) is 3.27. The zero-order valence-corrected chi connectivity index (χ0v) is 12.3. The molecule has 0 atom stereocenters. The first-order valence-corrected chi connectivity index (χ1v) is 7.21. The summed E-state index contributed by atoms with van der Waals surface area (Å²) in [4.78, 5) is 13.8. The number of hydrogen-bond acceptors (Lipinski definition) is 5. The molecule has 0 spiro atoms. The van der Waals surface area contributed by atoms with E-state index in [0.29, 0.717) is 0 Å². The molecule has 1 fully saturated rings. The third-order valence-corrected chi connectivity index (χ3v) is 3.50. The highest BCUT2D eigenvalue weighted by Crippen LogP contribution is 2.19. The number of nitrogens with zero attached hydrogens (tertiary/aromatic N) is 4. The maximum Gasteiger partial charge on any atom is 0.224 e. The average molecular weight is 263 g/mol. The summed E-state index contributed by atoms with van der Waals surface area (Å²) in [5.74, 6) is 1.84. The molecule has 1 saturated heterocycles. The van der Waals surface area contributed by atoms with Gasteiger partial charge in [0.2, 0.25) is 5.95 Å². The van der Waals surface area contributed by atoms with Crippen molar-refractivity contribution in [1.82, 2.24) is 14.9 Å². The predicted octanol–water partition coefficient (Wildman–Crippen LogP) is 1.75. The van der Waals surface area contributed by atoms with Crippen LogP contribution in [0.1, 0.15) is 25.3 Å². The smallest absolute Gasteiger partial charge is 0.224 e. The molecule has 0 bridgehead atoms. The number of aromatic nitrogens is 2. The van der Waals surface area contributed by atoms with Crippen LogP contribution in [0.15, 0.2) is 6.20 Å². The fourth-order valence-corrected chi connectivity index (χ4v) is 2.33. The fraction of sp³-hybridized carbons (Fsp3) is 0.714. The Bertz CT molecular complexity index is 407.